The van der Waals surface area contributed by atoms with Gasteiger partial charge in [0.1, 0.15) is 0 Å². The molecule has 1 amide bonds. The van der Waals surface area contributed by atoms with Crippen molar-refractivity contribution in [2.24, 2.45) is 0 Å². The van der Waals surface area contributed by atoms with Crippen LogP contribution in [0.3, 0.4) is 0 Å². The highest BCUT2D eigenvalue weighted by molar-refractivity contribution is 5.80. The molecule has 1 aromatic heterocycles. The first-order chi connectivity index (χ1) is 13.0. The Labute approximate surface area is 156 Å². The van der Waals surface area contributed by atoms with Crippen LogP contribution in [0.15, 0.2) is 35.1 Å². The number of fused-ring (bicyclic) bond motifs is 1. The number of likely N-dealkylation sites (tertiary alicyclic amines) is 1. The predicted molar refractivity (Wildman–Crippen MR) is 99.7 cm³/mol. The maximum absolute atomic E-state index is 12.4. The van der Waals surface area contributed by atoms with E-state index in [2.05, 4.69) is 16.3 Å². The molecule has 27 heavy (non-hydrogen) atoms. The van der Waals surface area contributed by atoms with E-state index in [0.29, 0.717) is 38.2 Å². The van der Waals surface area contributed by atoms with Crippen molar-refractivity contribution in [3.8, 4) is 6.07 Å². The lowest BCUT2D eigenvalue weighted by Gasteiger charge is -2.37. The van der Waals surface area contributed by atoms with Crippen molar-refractivity contribution >= 4 is 17.0 Å². The molecule has 0 radical (unpaired) electrons. The molecule has 2 heterocycles. The minimum absolute atomic E-state index is 0.108. The average molecular weight is 370 g/mol. The molecule has 1 saturated heterocycles. The molecule has 0 saturated carbocycles. The minimum Gasteiger partial charge on any atom is -0.465 e. The number of pyridine rings is 1. The first kappa shape index (κ1) is 18.9. The molecule has 0 aliphatic carbocycles. The van der Waals surface area contributed by atoms with Crippen LogP contribution in [0.4, 0.5) is 4.79 Å². The van der Waals surface area contributed by atoms with Gasteiger partial charge in [-0.05, 0) is 30.0 Å². The molecule has 3 rings (SSSR count). The number of nitriles is 1. The topological polar surface area (TPSA) is 108 Å². The van der Waals surface area contributed by atoms with Crippen molar-refractivity contribution in [1.82, 2.24) is 14.8 Å². The summed E-state index contributed by atoms with van der Waals surface area (Å²) in [5.41, 5.74) is 1.15. The second-order valence-electron chi connectivity index (χ2n) is 6.63. The lowest BCUT2D eigenvalue weighted by Crippen LogP contribution is -2.55. The van der Waals surface area contributed by atoms with Gasteiger partial charge in [-0.3, -0.25) is 9.69 Å². The summed E-state index contributed by atoms with van der Waals surface area (Å²) in [6.45, 7) is 2.42. The SMILES string of the molecule is CO[C@H]1CN(CCn2c(=O)ccc3ccc(C#N)cc32)CC[C@@H]1NC(=O)O. The van der Waals surface area contributed by atoms with Crippen LogP contribution in [0.1, 0.15) is 12.0 Å². The van der Waals surface area contributed by atoms with Gasteiger partial charge in [0.2, 0.25) is 0 Å². The minimum atomic E-state index is -1.05. The van der Waals surface area contributed by atoms with E-state index >= 15 is 0 Å². The number of nitrogens with zero attached hydrogens (tertiary/aromatic N) is 3. The molecular formula is C19H22N4O4. The number of carboxylic acid groups (broad SMARTS) is 1. The molecule has 2 N–H and O–H groups in total. The van der Waals surface area contributed by atoms with Crippen molar-refractivity contribution in [3.63, 3.8) is 0 Å². The number of methoxy groups -OCH3 is 1. The Kier molecular flexibility index (Phi) is 5.74. The number of amides is 1. The molecule has 8 nitrogen and oxygen atoms in total. The summed E-state index contributed by atoms with van der Waals surface area (Å²) in [7, 11) is 1.57. The maximum atomic E-state index is 12.4. The fraction of sp³-hybridized carbons (Fsp3) is 0.421. The van der Waals surface area contributed by atoms with Crippen molar-refractivity contribution < 1.29 is 14.6 Å². The fourth-order valence-electron chi connectivity index (χ4n) is 3.58. The number of benzene rings is 1. The highest BCUT2D eigenvalue weighted by atomic mass is 16.5. The van der Waals surface area contributed by atoms with E-state index in [0.717, 1.165) is 10.9 Å². The van der Waals surface area contributed by atoms with Gasteiger partial charge in [0.25, 0.3) is 5.56 Å². The zero-order valence-electron chi connectivity index (χ0n) is 15.1. The first-order valence-electron chi connectivity index (χ1n) is 8.80. The molecule has 1 aliphatic rings. The maximum Gasteiger partial charge on any atom is 0.404 e. The summed E-state index contributed by atoms with van der Waals surface area (Å²) < 4.78 is 7.12. The first-order valence-corrected chi connectivity index (χ1v) is 8.80. The number of piperidine rings is 1. The number of rotatable bonds is 5. The number of carbonyl (C=O) groups is 1. The van der Waals surface area contributed by atoms with E-state index in [1.807, 2.05) is 6.07 Å². The van der Waals surface area contributed by atoms with Crippen molar-refractivity contribution in [2.45, 2.75) is 25.1 Å². The van der Waals surface area contributed by atoms with Crippen LogP contribution in [0, 0.1) is 11.3 Å². The predicted octanol–water partition coefficient (Wildman–Crippen LogP) is 1.23. The Hall–Kier alpha value is -2.89. The van der Waals surface area contributed by atoms with E-state index in [-0.39, 0.29) is 17.7 Å². The quantitative estimate of drug-likeness (QED) is 0.820. The average Bonchev–Trinajstić information content (AvgIpc) is 2.67. The van der Waals surface area contributed by atoms with Crippen LogP contribution < -0.4 is 10.9 Å². The van der Waals surface area contributed by atoms with Crippen molar-refractivity contribution in [3.05, 3.63) is 46.2 Å². The lowest BCUT2D eigenvalue weighted by molar-refractivity contribution is 0.00610. The molecule has 2 atom stereocenters. The second kappa shape index (κ2) is 8.20. The Bertz CT molecular complexity index is 933. The van der Waals surface area contributed by atoms with Gasteiger partial charge in [-0.2, -0.15) is 5.26 Å². The third-order valence-electron chi connectivity index (χ3n) is 5.02. The monoisotopic (exact) mass is 370 g/mol. The van der Waals surface area contributed by atoms with Gasteiger partial charge < -0.3 is 19.7 Å². The van der Waals surface area contributed by atoms with Crippen LogP contribution in [-0.2, 0) is 11.3 Å². The highest BCUT2D eigenvalue weighted by Crippen LogP contribution is 2.16. The molecule has 1 fully saturated rings. The number of hydrogen-bond acceptors (Lipinski definition) is 5. The fourth-order valence-corrected chi connectivity index (χ4v) is 3.58. The molecule has 1 aliphatic heterocycles. The summed E-state index contributed by atoms with van der Waals surface area (Å²) in [5, 5.41) is 21.5. The number of nitrogens with one attached hydrogen (secondary N) is 1. The molecule has 0 spiro atoms. The smallest absolute Gasteiger partial charge is 0.404 e. The third-order valence-corrected chi connectivity index (χ3v) is 5.02. The standard InChI is InChI=1S/C19H22N4O4/c1-27-17-12-22(7-6-15(17)21-19(25)26)8-9-23-16-10-13(11-20)2-3-14(16)4-5-18(23)24/h2-5,10,15,17,21H,6-9,12H2,1H3,(H,25,26)/t15-,17-/m0/s1. The molecule has 8 heteroatoms. The third kappa shape index (κ3) is 4.27. The van der Waals surface area contributed by atoms with Gasteiger partial charge in [0, 0.05) is 39.4 Å². The van der Waals surface area contributed by atoms with Crippen LogP contribution >= 0.6 is 0 Å². The zero-order chi connectivity index (χ0) is 19.4. The highest BCUT2D eigenvalue weighted by Gasteiger charge is 2.30. The molecule has 1 aromatic carbocycles. The van der Waals surface area contributed by atoms with E-state index < -0.39 is 6.09 Å². The van der Waals surface area contributed by atoms with Crippen LogP contribution in [0.2, 0.25) is 0 Å². The van der Waals surface area contributed by atoms with Crippen LogP contribution in [0.25, 0.3) is 10.9 Å². The Morgan fingerprint density at radius 2 is 2.15 bits per heavy atom. The van der Waals surface area contributed by atoms with E-state index in [1.165, 1.54) is 6.07 Å². The van der Waals surface area contributed by atoms with Gasteiger partial charge in [-0.15, -0.1) is 0 Å². The van der Waals surface area contributed by atoms with Crippen LogP contribution in [0.5, 0.6) is 0 Å². The lowest BCUT2D eigenvalue weighted by atomic mass is 10.0. The van der Waals surface area contributed by atoms with Gasteiger partial charge >= 0.3 is 6.09 Å². The normalized spacial score (nSPS) is 20.3. The summed E-state index contributed by atoms with van der Waals surface area (Å²) in [5.74, 6) is 0. The Morgan fingerprint density at radius 3 is 2.85 bits per heavy atom. The Morgan fingerprint density at radius 1 is 1.37 bits per heavy atom. The summed E-state index contributed by atoms with van der Waals surface area (Å²) in [6, 6.07) is 10.5. The molecule has 142 valence electrons. The molecule has 2 aromatic rings. The number of ether oxygens (including phenoxy) is 1. The molecular weight excluding hydrogens is 348 g/mol. The zero-order valence-corrected chi connectivity index (χ0v) is 15.1. The summed E-state index contributed by atoms with van der Waals surface area (Å²) in [6.07, 6.45) is -0.635. The van der Waals surface area contributed by atoms with Gasteiger partial charge in [0.05, 0.1) is 29.3 Å². The molecule has 0 bridgehead atoms. The Balaban J connectivity index is 1.74. The second-order valence-corrected chi connectivity index (χ2v) is 6.63. The summed E-state index contributed by atoms with van der Waals surface area (Å²) >= 11 is 0. The van der Waals surface area contributed by atoms with E-state index in [1.54, 1.807) is 29.9 Å². The van der Waals surface area contributed by atoms with Gasteiger partial charge in [-0.25, -0.2) is 4.79 Å². The summed E-state index contributed by atoms with van der Waals surface area (Å²) in [4.78, 5) is 25.4. The van der Waals surface area contributed by atoms with E-state index in [9.17, 15) is 9.59 Å². The van der Waals surface area contributed by atoms with E-state index in [4.69, 9.17) is 15.1 Å². The van der Waals surface area contributed by atoms with Crippen LogP contribution in [-0.4, -0.2) is 59.6 Å². The van der Waals surface area contributed by atoms with Crippen molar-refractivity contribution in [2.75, 3.05) is 26.7 Å². The largest absolute Gasteiger partial charge is 0.465 e. The van der Waals surface area contributed by atoms with Gasteiger partial charge in [-0.1, -0.05) is 6.07 Å². The number of aromatic nitrogens is 1. The van der Waals surface area contributed by atoms with Gasteiger partial charge in [0.15, 0.2) is 0 Å². The molecule has 0 unspecified atom stereocenters. The number of hydrogen-bond donors (Lipinski definition) is 2. The van der Waals surface area contributed by atoms with Crippen molar-refractivity contribution in [1.29, 1.82) is 5.26 Å².